The highest BCUT2D eigenvalue weighted by Gasteiger charge is 2.34. The first kappa shape index (κ1) is 17.9. The zero-order chi connectivity index (χ0) is 18.0. The summed E-state index contributed by atoms with van der Waals surface area (Å²) in [6.45, 7) is 2.56. The van der Waals surface area contributed by atoms with Gasteiger partial charge in [0.1, 0.15) is 0 Å². The van der Waals surface area contributed by atoms with Crippen molar-refractivity contribution in [3.8, 4) is 0 Å². The van der Waals surface area contributed by atoms with Gasteiger partial charge in [-0.2, -0.15) is 0 Å². The minimum atomic E-state index is -3.27. The van der Waals surface area contributed by atoms with Gasteiger partial charge in [-0.1, -0.05) is 0 Å². The van der Waals surface area contributed by atoms with Crippen molar-refractivity contribution in [3.05, 3.63) is 24.2 Å². The van der Waals surface area contributed by atoms with Crippen LogP contribution in [0.4, 0.5) is 0 Å². The molecule has 138 valence electrons. The summed E-state index contributed by atoms with van der Waals surface area (Å²) in [7, 11) is -3.27. The SMILES string of the molecule is CS(=O)(=O)N1CCC[C@@H](C(=O)N2CCN(C(=O)c3ccco3)CC2)C1. The molecule has 0 aromatic carbocycles. The van der Waals surface area contributed by atoms with E-state index in [2.05, 4.69) is 0 Å². The first-order chi connectivity index (χ1) is 11.9. The molecule has 0 saturated carbocycles. The Morgan fingerprint density at radius 3 is 2.40 bits per heavy atom. The highest BCUT2D eigenvalue weighted by Crippen LogP contribution is 2.21. The fraction of sp³-hybridized carbons (Fsp3) is 0.625. The van der Waals surface area contributed by atoms with E-state index >= 15 is 0 Å². The molecule has 2 saturated heterocycles. The van der Waals surface area contributed by atoms with Crippen molar-refractivity contribution in [2.75, 3.05) is 45.5 Å². The van der Waals surface area contributed by atoms with Crippen molar-refractivity contribution < 1.29 is 22.4 Å². The Hall–Kier alpha value is -1.87. The van der Waals surface area contributed by atoms with Gasteiger partial charge in [0.15, 0.2) is 5.76 Å². The van der Waals surface area contributed by atoms with E-state index in [1.165, 1.54) is 16.8 Å². The minimum Gasteiger partial charge on any atom is -0.459 e. The predicted molar refractivity (Wildman–Crippen MR) is 90.3 cm³/mol. The second kappa shape index (κ2) is 7.17. The highest BCUT2D eigenvalue weighted by molar-refractivity contribution is 7.88. The number of rotatable bonds is 3. The molecule has 1 aromatic rings. The van der Waals surface area contributed by atoms with Crippen LogP contribution in [0.1, 0.15) is 23.4 Å². The van der Waals surface area contributed by atoms with Gasteiger partial charge in [0.2, 0.25) is 15.9 Å². The molecule has 2 aliphatic rings. The van der Waals surface area contributed by atoms with Crippen LogP contribution < -0.4 is 0 Å². The minimum absolute atomic E-state index is 0.0153. The number of hydrogen-bond acceptors (Lipinski definition) is 5. The number of piperazine rings is 1. The smallest absolute Gasteiger partial charge is 0.289 e. The lowest BCUT2D eigenvalue weighted by atomic mass is 9.97. The number of hydrogen-bond donors (Lipinski definition) is 0. The molecule has 0 N–H and O–H groups in total. The number of sulfonamides is 1. The molecule has 0 bridgehead atoms. The molecule has 3 rings (SSSR count). The van der Waals surface area contributed by atoms with Crippen molar-refractivity contribution in [2.24, 2.45) is 5.92 Å². The van der Waals surface area contributed by atoms with Crippen molar-refractivity contribution in [2.45, 2.75) is 12.8 Å². The molecule has 2 aliphatic heterocycles. The maximum Gasteiger partial charge on any atom is 0.289 e. The average Bonchev–Trinajstić information content (AvgIpc) is 3.15. The second-order valence-corrected chi connectivity index (χ2v) is 8.54. The lowest BCUT2D eigenvalue weighted by Crippen LogP contribution is -2.54. The molecular formula is C16H23N3O5S. The molecule has 1 aromatic heterocycles. The van der Waals surface area contributed by atoms with Gasteiger partial charge in [-0.05, 0) is 25.0 Å². The lowest BCUT2D eigenvalue weighted by molar-refractivity contribution is -0.138. The Labute approximate surface area is 147 Å². The Bertz CT molecular complexity index is 723. The summed E-state index contributed by atoms with van der Waals surface area (Å²) in [5.41, 5.74) is 0. The third kappa shape index (κ3) is 4.04. The predicted octanol–water partition coefficient (Wildman–Crippen LogP) is 0.236. The molecule has 2 amide bonds. The van der Waals surface area contributed by atoms with E-state index < -0.39 is 10.0 Å². The summed E-state index contributed by atoms with van der Waals surface area (Å²) in [4.78, 5) is 28.4. The fourth-order valence-corrected chi connectivity index (χ4v) is 4.30. The molecule has 0 unspecified atom stereocenters. The first-order valence-electron chi connectivity index (χ1n) is 8.43. The number of carbonyl (C=O) groups is 2. The molecular weight excluding hydrogens is 346 g/mol. The van der Waals surface area contributed by atoms with Gasteiger partial charge in [-0.15, -0.1) is 0 Å². The second-order valence-electron chi connectivity index (χ2n) is 6.55. The zero-order valence-electron chi connectivity index (χ0n) is 14.3. The van der Waals surface area contributed by atoms with Crippen LogP contribution in [0.15, 0.2) is 22.8 Å². The monoisotopic (exact) mass is 369 g/mol. The molecule has 0 radical (unpaired) electrons. The molecule has 25 heavy (non-hydrogen) atoms. The van der Waals surface area contributed by atoms with Crippen LogP contribution >= 0.6 is 0 Å². The molecule has 8 nitrogen and oxygen atoms in total. The zero-order valence-corrected chi connectivity index (χ0v) is 15.1. The van der Waals surface area contributed by atoms with Gasteiger partial charge in [-0.3, -0.25) is 9.59 Å². The number of amides is 2. The lowest BCUT2D eigenvalue weighted by Gasteiger charge is -2.38. The topological polar surface area (TPSA) is 91.1 Å². The Kier molecular flexibility index (Phi) is 5.14. The summed E-state index contributed by atoms with van der Waals surface area (Å²) in [5, 5.41) is 0. The third-order valence-electron chi connectivity index (χ3n) is 4.81. The van der Waals surface area contributed by atoms with Crippen LogP contribution in [0.3, 0.4) is 0 Å². The maximum absolute atomic E-state index is 12.7. The van der Waals surface area contributed by atoms with E-state index in [9.17, 15) is 18.0 Å². The standard InChI is InChI=1S/C16H23N3O5S/c1-25(22,23)19-6-2-4-13(12-19)15(20)17-7-9-18(10-8-17)16(21)14-5-3-11-24-14/h3,5,11,13H,2,4,6-10,12H2,1H3/t13-/m1/s1. The van der Waals surface area contributed by atoms with E-state index in [-0.39, 0.29) is 24.3 Å². The fourth-order valence-electron chi connectivity index (χ4n) is 3.39. The Morgan fingerprint density at radius 2 is 1.80 bits per heavy atom. The van der Waals surface area contributed by atoms with Crippen LogP contribution in [0.5, 0.6) is 0 Å². The first-order valence-corrected chi connectivity index (χ1v) is 10.3. The molecule has 2 fully saturated rings. The summed E-state index contributed by atoms with van der Waals surface area (Å²) >= 11 is 0. The van der Waals surface area contributed by atoms with Gasteiger partial charge >= 0.3 is 0 Å². The van der Waals surface area contributed by atoms with E-state index in [4.69, 9.17) is 4.42 Å². The summed E-state index contributed by atoms with van der Waals surface area (Å²) in [5.74, 6) is -0.178. The quantitative estimate of drug-likeness (QED) is 0.761. The summed E-state index contributed by atoms with van der Waals surface area (Å²) in [6.07, 6.45) is 4.04. The van der Waals surface area contributed by atoms with E-state index in [0.29, 0.717) is 51.3 Å². The van der Waals surface area contributed by atoms with E-state index in [0.717, 1.165) is 0 Å². The van der Waals surface area contributed by atoms with Gasteiger partial charge in [0.05, 0.1) is 18.4 Å². The maximum atomic E-state index is 12.7. The highest BCUT2D eigenvalue weighted by atomic mass is 32.2. The third-order valence-corrected chi connectivity index (χ3v) is 6.08. The van der Waals surface area contributed by atoms with Crippen LogP contribution in [0, 0.1) is 5.92 Å². The number of nitrogens with zero attached hydrogens (tertiary/aromatic N) is 3. The largest absolute Gasteiger partial charge is 0.459 e. The van der Waals surface area contributed by atoms with Crippen molar-refractivity contribution in [1.29, 1.82) is 0 Å². The average molecular weight is 369 g/mol. The van der Waals surface area contributed by atoms with Gasteiger partial charge in [0.25, 0.3) is 5.91 Å². The molecule has 0 aliphatic carbocycles. The van der Waals surface area contributed by atoms with E-state index in [1.807, 2.05) is 0 Å². The molecule has 0 spiro atoms. The van der Waals surface area contributed by atoms with Crippen LogP contribution in [0.25, 0.3) is 0 Å². The molecule has 9 heteroatoms. The number of piperidine rings is 1. The normalized spacial score (nSPS) is 22.8. The summed E-state index contributed by atoms with van der Waals surface area (Å²) < 4.78 is 29.9. The van der Waals surface area contributed by atoms with Gasteiger partial charge in [0, 0.05) is 39.3 Å². The van der Waals surface area contributed by atoms with Gasteiger partial charge in [-0.25, -0.2) is 12.7 Å². The van der Waals surface area contributed by atoms with Crippen molar-refractivity contribution in [3.63, 3.8) is 0 Å². The van der Waals surface area contributed by atoms with E-state index in [1.54, 1.807) is 21.9 Å². The Balaban J connectivity index is 1.55. The van der Waals surface area contributed by atoms with Crippen LogP contribution in [0.2, 0.25) is 0 Å². The summed E-state index contributed by atoms with van der Waals surface area (Å²) in [6, 6.07) is 3.30. The van der Waals surface area contributed by atoms with Gasteiger partial charge < -0.3 is 14.2 Å². The molecule has 3 heterocycles. The number of furan rings is 1. The van der Waals surface area contributed by atoms with Crippen molar-refractivity contribution in [1.82, 2.24) is 14.1 Å². The number of carbonyl (C=O) groups excluding carboxylic acids is 2. The van der Waals surface area contributed by atoms with Crippen LogP contribution in [-0.4, -0.2) is 79.9 Å². The molecule has 1 atom stereocenters. The van der Waals surface area contributed by atoms with Crippen LogP contribution in [-0.2, 0) is 14.8 Å². The Morgan fingerprint density at radius 1 is 1.12 bits per heavy atom. The van der Waals surface area contributed by atoms with Crippen molar-refractivity contribution >= 4 is 21.8 Å².